The summed E-state index contributed by atoms with van der Waals surface area (Å²) in [5, 5.41) is 16.0. The van der Waals surface area contributed by atoms with E-state index in [9.17, 15) is 36.5 Å². The zero-order valence-corrected chi connectivity index (χ0v) is 36.7. The SMILES string of the molecule is CC1(C)CCC(CN2CCN(c3ccc(C(=O)NS(=O)(=O)c4ccc(N[C@H]5CCCOC5)c([N+](=O)[O-])c4)c(Oc4cnc5[nH]ccc5c4)c3)CC2)=C(c2ccc(C(F)(F)F)cc2Cl)C1. The van der Waals surface area contributed by atoms with Crippen molar-refractivity contribution < 1.29 is 40.8 Å². The van der Waals surface area contributed by atoms with Crippen molar-refractivity contribution in [2.24, 2.45) is 5.41 Å². The quantitative estimate of drug-likeness (QED) is 0.0804. The number of amides is 1. The molecule has 0 bridgehead atoms. The molecule has 1 aliphatic carbocycles. The van der Waals surface area contributed by atoms with E-state index < -0.39 is 43.2 Å². The number of sulfonamides is 1. The van der Waals surface area contributed by atoms with E-state index in [1.165, 1.54) is 30.5 Å². The number of piperazine rings is 1. The highest BCUT2D eigenvalue weighted by molar-refractivity contribution is 7.90. The van der Waals surface area contributed by atoms with Crippen LogP contribution in [0.1, 0.15) is 67.4 Å². The third-order valence-corrected chi connectivity index (χ3v) is 13.6. The van der Waals surface area contributed by atoms with Crippen LogP contribution in [0.25, 0.3) is 16.6 Å². The van der Waals surface area contributed by atoms with E-state index in [4.69, 9.17) is 21.1 Å². The van der Waals surface area contributed by atoms with Gasteiger partial charge in [0.1, 0.15) is 22.8 Å². The number of ether oxygens (including phenoxy) is 2. The maximum Gasteiger partial charge on any atom is 0.416 e. The van der Waals surface area contributed by atoms with Crippen molar-refractivity contribution in [1.29, 1.82) is 0 Å². The van der Waals surface area contributed by atoms with E-state index in [-0.39, 0.29) is 33.5 Å². The molecule has 0 unspecified atom stereocenters. The number of anilines is 2. The fraction of sp³-hybridized carbons (Fsp3) is 0.378. The topological polar surface area (TPSA) is 172 Å². The summed E-state index contributed by atoms with van der Waals surface area (Å²) in [4.78, 5) is 36.6. The number of benzene rings is 3. The third-order valence-electron chi connectivity index (χ3n) is 12.0. The largest absolute Gasteiger partial charge is 0.455 e. The van der Waals surface area contributed by atoms with Gasteiger partial charge in [0.15, 0.2) is 0 Å². The van der Waals surface area contributed by atoms with Crippen LogP contribution in [-0.2, 0) is 20.9 Å². The lowest BCUT2D eigenvalue weighted by Crippen LogP contribution is -2.47. The number of nitro benzene ring substituents is 1. The van der Waals surface area contributed by atoms with Crippen molar-refractivity contribution in [2.75, 3.05) is 56.2 Å². The number of H-pyrrole nitrogens is 1. The number of aromatic nitrogens is 2. The lowest BCUT2D eigenvalue weighted by molar-refractivity contribution is -0.384. The molecule has 0 radical (unpaired) electrons. The molecule has 1 amide bonds. The normalized spacial score (nSPS) is 18.5. The molecule has 5 aromatic rings. The van der Waals surface area contributed by atoms with Gasteiger partial charge in [0, 0.05) is 79.8 Å². The first-order valence-electron chi connectivity index (χ1n) is 20.9. The van der Waals surface area contributed by atoms with Gasteiger partial charge in [-0.3, -0.25) is 19.8 Å². The number of rotatable bonds is 12. The molecular formula is C45H47ClF3N7O7S. The lowest BCUT2D eigenvalue weighted by Gasteiger charge is -2.39. The first kappa shape index (κ1) is 44.9. The van der Waals surface area contributed by atoms with Gasteiger partial charge in [-0.1, -0.05) is 37.1 Å². The van der Waals surface area contributed by atoms with Crippen LogP contribution < -0.4 is 19.7 Å². The number of pyridine rings is 1. The van der Waals surface area contributed by atoms with Gasteiger partial charge in [-0.25, -0.2) is 18.1 Å². The van der Waals surface area contributed by atoms with Gasteiger partial charge in [-0.05, 0) is 97.2 Å². The van der Waals surface area contributed by atoms with Gasteiger partial charge in [-0.2, -0.15) is 13.2 Å². The van der Waals surface area contributed by atoms with Crippen LogP contribution in [0.2, 0.25) is 5.02 Å². The van der Waals surface area contributed by atoms with Crippen LogP contribution in [0.4, 0.5) is 30.2 Å². The Balaban J connectivity index is 1.02. The van der Waals surface area contributed by atoms with Crippen LogP contribution >= 0.6 is 11.6 Å². The molecule has 3 aromatic carbocycles. The molecule has 2 saturated heterocycles. The summed E-state index contributed by atoms with van der Waals surface area (Å²) in [6, 6.07) is 15.2. The van der Waals surface area contributed by atoms with Crippen LogP contribution in [0.5, 0.6) is 11.5 Å². The number of hydrogen-bond donors (Lipinski definition) is 3. The molecule has 8 rings (SSSR count). The van der Waals surface area contributed by atoms with Crippen molar-refractivity contribution in [3.05, 3.63) is 117 Å². The van der Waals surface area contributed by atoms with E-state index in [1.54, 1.807) is 30.5 Å². The summed E-state index contributed by atoms with van der Waals surface area (Å²) in [5.41, 5.74) is 2.83. The summed E-state index contributed by atoms with van der Waals surface area (Å²) in [5.74, 6) is -0.669. The predicted octanol–water partition coefficient (Wildman–Crippen LogP) is 9.43. The molecule has 2 aliphatic heterocycles. The van der Waals surface area contributed by atoms with Crippen LogP contribution in [0.3, 0.4) is 0 Å². The number of aromatic amines is 1. The van der Waals surface area contributed by atoms with Crippen LogP contribution in [-0.4, -0.2) is 86.1 Å². The van der Waals surface area contributed by atoms with E-state index in [0.29, 0.717) is 75.0 Å². The fourth-order valence-corrected chi connectivity index (χ4v) is 9.79. The van der Waals surface area contributed by atoms with Crippen molar-refractivity contribution in [3.63, 3.8) is 0 Å². The number of allylic oxidation sites excluding steroid dienone is 1. The Labute approximate surface area is 373 Å². The molecule has 0 spiro atoms. The second-order valence-corrected chi connectivity index (χ2v) is 19.3. The summed E-state index contributed by atoms with van der Waals surface area (Å²) >= 11 is 6.53. The summed E-state index contributed by atoms with van der Waals surface area (Å²) in [6.45, 7) is 8.37. The highest BCUT2D eigenvalue weighted by Crippen LogP contribution is 2.46. The molecule has 338 valence electrons. The molecule has 4 heterocycles. The molecule has 19 heteroatoms. The van der Waals surface area contributed by atoms with E-state index >= 15 is 0 Å². The Morgan fingerprint density at radius 1 is 1.08 bits per heavy atom. The fourth-order valence-electron chi connectivity index (χ4n) is 8.51. The minimum atomic E-state index is -4.61. The van der Waals surface area contributed by atoms with E-state index in [0.717, 1.165) is 60.4 Å². The Bertz CT molecular complexity index is 2730. The minimum Gasteiger partial charge on any atom is -0.455 e. The molecular weight excluding hydrogens is 875 g/mol. The second-order valence-electron chi connectivity index (χ2n) is 17.2. The summed E-state index contributed by atoms with van der Waals surface area (Å²) < 4.78 is 81.5. The molecule has 2 aromatic heterocycles. The van der Waals surface area contributed by atoms with Crippen molar-refractivity contribution in [3.8, 4) is 11.5 Å². The average molecular weight is 922 g/mol. The Hall–Kier alpha value is -5.69. The molecule has 0 saturated carbocycles. The van der Waals surface area contributed by atoms with Gasteiger partial charge in [-0.15, -0.1) is 0 Å². The number of alkyl halides is 3. The van der Waals surface area contributed by atoms with E-state index in [1.807, 2.05) is 0 Å². The van der Waals surface area contributed by atoms with Gasteiger partial charge >= 0.3 is 6.18 Å². The number of carbonyl (C=O) groups is 1. The molecule has 2 fully saturated rings. The second kappa shape index (κ2) is 18.1. The summed E-state index contributed by atoms with van der Waals surface area (Å²) in [7, 11) is -4.61. The third kappa shape index (κ3) is 10.1. The summed E-state index contributed by atoms with van der Waals surface area (Å²) in [6.07, 6.45) is 2.61. The Kier molecular flexibility index (Phi) is 12.7. The molecule has 1 atom stereocenters. The van der Waals surface area contributed by atoms with Crippen LogP contribution in [0, 0.1) is 15.5 Å². The zero-order valence-electron chi connectivity index (χ0n) is 35.1. The van der Waals surface area contributed by atoms with Crippen molar-refractivity contribution in [1.82, 2.24) is 19.6 Å². The minimum absolute atomic E-state index is 0.0472. The molecule has 3 N–H and O–H groups in total. The standard InChI is InChI=1S/C45H47ClF3N7O7S/c1-44(2)13-11-29(37(24-44)35-8-5-30(21-38(35)46)45(47,48)49)26-54-15-17-55(18-16-54)32-6-9-36(41(22-32)63-33-20-28-12-14-50-42(28)51-25-33)43(57)53-64(60,61)34-7-10-39(40(23-34)56(58)59)52-31-4-3-19-62-27-31/h5-10,12,14,20-23,25,31,52H,3-4,11,13,15-19,24,26-27H2,1-2H3,(H,50,51)(H,53,57)/t31-/m0/s1. The number of halogens is 4. The number of nitrogens with one attached hydrogen (secondary N) is 3. The monoisotopic (exact) mass is 921 g/mol. The molecule has 14 nitrogen and oxygen atoms in total. The Morgan fingerprint density at radius 2 is 1.88 bits per heavy atom. The van der Waals surface area contributed by atoms with Crippen molar-refractivity contribution in [2.45, 2.75) is 63.1 Å². The van der Waals surface area contributed by atoms with Gasteiger partial charge in [0.2, 0.25) is 0 Å². The Morgan fingerprint density at radius 3 is 2.59 bits per heavy atom. The lowest BCUT2D eigenvalue weighted by atomic mass is 9.72. The number of carbonyl (C=O) groups excluding carboxylic acids is 1. The maximum absolute atomic E-state index is 13.9. The zero-order chi connectivity index (χ0) is 45.4. The number of nitrogens with zero attached hydrogens (tertiary/aromatic N) is 4. The molecule has 64 heavy (non-hydrogen) atoms. The van der Waals surface area contributed by atoms with Gasteiger partial charge in [0.05, 0.1) is 33.7 Å². The highest BCUT2D eigenvalue weighted by atomic mass is 35.5. The number of hydrogen-bond acceptors (Lipinski definition) is 11. The maximum atomic E-state index is 13.9. The molecule has 3 aliphatic rings. The van der Waals surface area contributed by atoms with E-state index in [2.05, 4.69) is 43.7 Å². The highest BCUT2D eigenvalue weighted by Gasteiger charge is 2.34. The predicted molar refractivity (Wildman–Crippen MR) is 237 cm³/mol. The first-order valence-corrected chi connectivity index (χ1v) is 22.8. The van der Waals surface area contributed by atoms with Gasteiger partial charge < -0.3 is 24.7 Å². The number of nitro groups is 1. The smallest absolute Gasteiger partial charge is 0.416 e. The van der Waals surface area contributed by atoms with Gasteiger partial charge in [0.25, 0.3) is 21.6 Å². The average Bonchev–Trinajstić information content (AvgIpc) is 3.72. The first-order chi connectivity index (χ1) is 30.4. The van der Waals surface area contributed by atoms with Crippen LogP contribution in [0.15, 0.2) is 89.6 Å². The van der Waals surface area contributed by atoms with Crippen molar-refractivity contribution >= 4 is 61.2 Å². The number of fused-ring (bicyclic) bond motifs is 1.